The van der Waals surface area contributed by atoms with E-state index < -0.39 is 5.41 Å². The minimum Gasteiger partial charge on any atom is -0.494 e. The van der Waals surface area contributed by atoms with Gasteiger partial charge in [0.25, 0.3) is 0 Å². The molecule has 4 heteroatoms. The third kappa shape index (κ3) is 4.57. The van der Waals surface area contributed by atoms with Crippen LogP contribution in [0, 0.1) is 5.41 Å². The summed E-state index contributed by atoms with van der Waals surface area (Å²) in [6.07, 6.45) is 0.640. The molecule has 0 aliphatic rings. The topological polar surface area (TPSA) is 26.3 Å². The van der Waals surface area contributed by atoms with Gasteiger partial charge in [-0.05, 0) is 30.7 Å². The molecular weight excluding hydrogens is 259 g/mol. The summed E-state index contributed by atoms with van der Waals surface area (Å²) in [4.78, 5) is 11.5. The van der Waals surface area contributed by atoms with Crippen molar-refractivity contribution in [2.24, 2.45) is 5.41 Å². The number of alkyl halides is 1. The molecule has 1 aromatic carbocycles. The fourth-order valence-corrected chi connectivity index (χ4v) is 1.76. The molecule has 0 atom stereocenters. The Morgan fingerprint density at radius 2 is 1.88 bits per heavy atom. The number of hydrogen-bond acceptors (Lipinski definition) is 2. The Balaban J connectivity index is 2.42. The van der Waals surface area contributed by atoms with Gasteiger partial charge in [-0.15, -0.1) is 11.6 Å². The SMILES string of the molecule is CC(C)(CCOc1ccc(Cl)cc1)C(=O)CCl. The fraction of sp³-hybridized carbons (Fsp3) is 0.462. The van der Waals surface area contributed by atoms with Gasteiger partial charge in [0.15, 0.2) is 5.78 Å². The van der Waals surface area contributed by atoms with Crippen molar-refractivity contribution in [2.75, 3.05) is 12.5 Å². The molecule has 0 spiro atoms. The van der Waals surface area contributed by atoms with E-state index in [2.05, 4.69) is 0 Å². The normalized spacial score (nSPS) is 11.3. The molecule has 1 rings (SSSR count). The zero-order valence-electron chi connectivity index (χ0n) is 10.0. The van der Waals surface area contributed by atoms with E-state index in [0.717, 1.165) is 5.75 Å². The van der Waals surface area contributed by atoms with Crippen LogP contribution in [0.5, 0.6) is 5.75 Å². The number of hydrogen-bond donors (Lipinski definition) is 0. The van der Waals surface area contributed by atoms with Gasteiger partial charge in [-0.3, -0.25) is 4.79 Å². The largest absolute Gasteiger partial charge is 0.494 e. The Labute approximate surface area is 112 Å². The first-order valence-corrected chi connectivity index (χ1v) is 6.34. The lowest BCUT2D eigenvalue weighted by Crippen LogP contribution is -2.27. The maximum absolute atomic E-state index is 11.5. The fourth-order valence-electron chi connectivity index (χ4n) is 1.28. The van der Waals surface area contributed by atoms with Crippen molar-refractivity contribution in [3.63, 3.8) is 0 Å². The molecule has 2 nitrogen and oxygen atoms in total. The molecular formula is C13H16Cl2O2. The minimum atomic E-state index is -0.436. The molecule has 1 aromatic rings. The van der Waals surface area contributed by atoms with Crippen LogP contribution in [0.15, 0.2) is 24.3 Å². The van der Waals surface area contributed by atoms with Crippen molar-refractivity contribution in [3.05, 3.63) is 29.3 Å². The molecule has 0 heterocycles. The molecule has 17 heavy (non-hydrogen) atoms. The Bertz CT molecular complexity index is 372. The quantitative estimate of drug-likeness (QED) is 0.735. The van der Waals surface area contributed by atoms with Crippen LogP contribution in [0.25, 0.3) is 0 Å². The maximum Gasteiger partial charge on any atom is 0.153 e. The van der Waals surface area contributed by atoms with Gasteiger partial charge in [-0.2, -0.15) is 0 Å². The summed E-state index contributed by atoms with van der Waals surface area (Å²) < 4.78 is 5.54. The highest BCUT2D eigenvalue weighted by atomic mass is 35.5. The Hall–Kier alpha value is -0.730. The molecule has 0 N–H and O–H groups in total. The average molecular weight is 275 g/mol. The van der Waals surface area contributed by atoms with Crippen LogP contribution in [-0.2, 0) is 4.79 Å². The van der Waals surface area contributed by atoms with Gasteiger partial charge in [-0.1, -0.05) is 25.4 Å². The molecule has 0 saturated carbocycles. The van der Waals surface area contributed by atoms with E-state index in [-0.39, 0.29) is 11.7 Å². The average Bonchev–Trinajstić information content (AvgIpc) is 2.30. The second-order valence-electron chi connectivity index (χ2n) is 4.49. The van der Waals surface area contributed by atoms with Crippen molar-refractivity contribution in [1.29, 1.82) is 0 Å². The first kappa shape index (κ1) is 14.3. The number of carbonyl (C=O) groups is 1. The van der Waals surface area contributed by atoms with Crippen molar-refractivity contribution in [1.82, 2.24) is 0 Å². The van der Waals surface area contributed by atoms with Crippen LogP contribution in [-0.4, -0.2) is 18.3 Å². The zero-order chi connectivity index (χ0) is 12.9. The summed E-state index contributed by atoms with van der Waals surface area (Å²) in [7, 11) is 0. The molecule has 0 aliphatic carbocycles. The van der Waals surface area contributed by atoms with Gasteiger partial charge < -0.3 is 4.74 Å². The number of rotatable bonds is 6. The van der Waals surface area contributed by atoms with E-state index in [9.17, 15) is 4.79 Å². The molecule has 0 unspecified atom stereocenters. The summed E-state index contributed by atoms with van der Waals surface area (Å²) >= 11 is 11.3. The van der Waals surface area contributed by atoms with Crippen molar-refractivity contribution in [2.45, 2.75) is 20.3 Å². The van der Waals surface area contributed by atoms with E-state index in [1.807, 2.05) is 13.8 Å². The van der Waals surface area contributed by atoms with Gasteiger partial charge in [0.2, 0.25) is 0 Å². The van der Waals surface area contributed by atoms with Crippen molar-refractivity contribution in [3.8, 4) is 5.75 Å². The predicted molar refractivity (Wildman–Crippen MR) is 71.1 cm³/mol. The van der Waals surface area contributed by atoms with Crippen molar-refractivity contribution < 1.29 is 9.53 Å². The Morgan fingerprint density at radius 3 is 2.41 bits per heavy atom. The van der Waals surface area contributed by atoms with E-state index in [1.54, 1.807) is 24.3 Å². The van der Waals surface area contributed by atoms with E-state index >= 15 is 0 Å². The third-order valence-electron chi connectivity index (χ3n) is 2.69. The lowest BCUT2D eigenvalue weighted by Gasteiger charge is -2.21. The maximum atomic E-state index is 11.5. The highest BCUT2D eigenvalue weighted by molar-refractivity contribution is 6.30. The molecule has 0 saturated heterocycles. The summed E-state index contributed by atoms with van der Waals surface area (Å²) in [5, 5.41) is 0.676. The predicted octanol–water partition coefficient (Wildman–Crippen LogP) is 3.94. The van der Waals surface area contributed by atoms with Crippen LogP contribution in [0.2, 0.25) is 5.02 Å². The summed E-state index contributed by atoms with van der Waals surface area (Å²) in [5.74, 6) is 0.843. The van der Waals surface area contributed by atoms with E-state index in [1.165, 1.54) is 0 Å². The lowest BCUT2D eigenvalue weighted by molar-refractivity contribution is -0.125. The number of ether oxygens (including phenoxy) is 1. The molecule has 0 aliphatic heterocycles. The standard InChI is InChI=1S/C13H16Cl2O2/c1-13(2,12(16)9-14)7-8-17-11-5-3-10(15)4-6-11/h3-6H,7-9H2,1-2H3. The summed E-state index contributed by atoms with van der Waals surface area (Å²) in [6.45, 7) is 4.24. The molecule has 0 radical (unpaired) electrons. The van der Waals surface area contributed by atoms with E-state index in [4.69, 9.17) is 27.9 Å². The second-order valence-corrected chi connectivity index (χ2v) is 5.20. The van der Waals surface area contributed by atoms with Gasteiger partial charge in [-0.25, -0.2) is 0 Å². The first-order chi connectivity index (χ1) is 7.95. The summed E-state index contributed by atoms with van der Waals surface area (Å²) in [6, 6.07) is 7.15. The Kier molecular flexibility index (Phi) is 5.29. The van der Waals surface area contributed by atoms with Gasteiger partial charge in [0.05, 0.1) is 12.5 Å². The van der Waals surface area contributed by atoms with Gasteiger partial charge in [0, 0.05) is 10.4 Å². The number of benzene rings is 1. The molecule has 0 amide bonds. The highest BCUT2D eigenvalue weighted by Crippen LogP contribution is 2.23. The minimum absolute atomic E-state index is 0.0406. The first-order valence-electron chi connectivity index (χ1n) is 5.43. The lowest BCUT2D eigenvalue weighted by atomic mass is 9.86. The van der Waals surface area contributed by atoms with Crippen LogP contribution in [0.3, 0.4) is 0 Å². The van der Waals surface area contributed by atoms with Crippen LogP contribution < -0.4 is 4.74 Å². The Morgan fingerprint density at radius 1 is 1.29 bits per heavy atom. The zero-order valence-corrected chi connectivity index (χ0v) is 11.5. The van der Waals surface area contributed by atoms with Crippen LogP contribution in [0.4, 0.5) is 0 Å². The van der Waals surface area contributed by atoms with Crippen LogP contribution in [0.1, 0.15) is 20.3 Å². The van der Waals surface area contributed by atoms with Gasteiger partial charge in [0.1, 0.15) is 5.75 Å². The number of carbonyl (C=O) groups excluding carboxylic acids is 1. The molecule has 0 fully saturated rings. The van der Waals surface area contributed by atoms with Crippen molar-refractivity contribution >= 4 is 29.0 Å². The molecule has 0 aromatic heterocycles. The van der Waals surface area contributed by atoms with Crippen LogP contribution >= 0.6 is 23.2 Å². The van der Waals surface area contributed by atoms with Gasteiger partial charge >= 0.3 is 0 Å². The molecule has 94 valence electrons. The summed E-state index contributed by atoms with van der Waals surface area (Å²) in [5.41, 5.74) is -0.436. The number of halogens is 2. The smallest absolute Gasteiger partial charge is 0.153 e. The van der Waals surface area contributed by atoms with E-state index in [0.29, 0.717) is 18.1 Å². The second kappa shape index (κ2) is 6.27. The number of Topliss-reactive ketones (excluding diaryl/α,β-unsaturated/α-hetero) is 1. The molecule has 0 bridgehead atoms. The third-order valence-corrected chi connectivity index (χ3v) is 3.18. The number of ketones is 1. The highest BCUT2D eigenvalue weighted by Gasteiger charge is 2.26. The monoisotopic (exact) mass is 274 g/mol.